The van der Waals surface area contributed by atoms with Crippen molar-refractivity contribution in [2.45, 2.75) is 87.0 Å². The van der Waals surface area contributed by atoms with Crippen molar-refractivity contribution in [2.75, 3.05) is 0 Å². The van der Waals surface area contributed by atoms with E-state index in [0.29, 0.717) is 0 Å². The molecule has 0 amide bonds. The van der Waals surface area contributed by atoms with Gasteiger partial charge in [0.1, 0.15) is 0 Å². The van der Waals surface area contributed by atoms with Crippen molar-refractivity contribution in [3.63, 3.8) is 0 Å². The molecule has 1 aliphatic rings. The van der Waals surface area contributed by atoms with Gasteiger partial charge in [-0.2, -0.15) is 0 Å². The molecule has 0 N–H and O–H groups in total. The Balaban J connectivity index is 0. The van der Waals surface area contributed by atoms with Crippen LogP contribution in [0.5, 0.6) is 0 Å². The van der Waals surface area contributed by atoms with Gasteiger partial charge in [-0.05, 0) is 24.2 Å². The van der Waals surface area contributed by atoms with Crippen molar-refractivity contribution >= 4 is 0 Å². The molecule has 0 aromatic heterocycles. The Morgan fingerprint density at radius 1 is 1.00 bits per heavy atom. The van der Waals surface area contributed by atoms with Crippen molar-refractivity contribution in [2.24, 2.45) is 17.8 Å². The maximum Gasteiger partial charge on any atom is -0.0363 e. The van der Waals surface area contributed by atoms with Crippen LogP contribution < -0.4 is 0 Å². The van der Waals surface area contributed by atoms with Crippen molar-refractivity contribution in [1.82, 2.24) is 0 Å². The van der Waals surface area contributed by atoms with E-state index < -0.39 is 0 Å². The summed E-state index contributed by atoms with van der Waals surface area (Å²) < 4.78 is 0. The summed E-state index contributed by atoms with van der Waals surface area (Å²) in [7, 11) is 0. The van der Waals surface area contributed by atoms with Gasteiger partial charge in [-0.25, -0.2) is 0 Å². The first-order valence-electron chi connectivity index (χ1n) is 7.75. The Hall–Kier alpha value is 0. The van der Waals surface area contributed by atoms with Crippen LogP contribution in [-0.4, -0.2) is 0 Å². The first-order valence-corrected chi connectivity index (χ1v) is 7.75. The van der Waals surface area contributed by atoms with Crippen LogP contribution in [0.4, 0.5) is 0 Å². The molecule has 0 bridgehead atoms. The molecule has 0 radical (unpaired) electrons. The number of hydrogen-bond acceptors (Lipinski definition) is 0. The Labute approximate surface area is 105 Å². The zero-order valence-electron chi connectivity index (χ0n) is 13.0. The molecule has 16 heavy (non-hydrogen) atoms. The third-order valence-electron chi connectivity index (χ3n) is 3.65. The van der Waals surface area contributed by atoms with Gasteiger partial charge in [0.2, 0.25) is 0 Å². The van der Waals surface area contributed by atoms with Gasteiger partial charge in [-0.15, -0.1) is 0 Å². The van der Waals surface area contributed by atoms with Crippen molar-refractivity contribution < 1.29 is 0 Å². The number of rotatable bonds is 3. The minimum atomic E-state index is 0.977. The molecule has 0 nitrogen and oxygen atoms in total. The van der Waals surface area contributed by atoms with Crippen molar-refractivity contribution in [3.05, 3.63) is 0 Å². The van der Waals surface area contributed by atoms with Crippen LogP contribution in [0.25, 0.3) is 0 Å². The van der Waals surface area contributed by atoms with E-state index >= 15 is 0 Å². The first kappa shape index (κ1) is 18.4. The third-order valence-corrected chi connectivity index (χ3v) is 3.65. The van der Waals surface area contributed by atoms with Gasteiger partial charge in [0.25, 0.3) is 0 Å². The van der Waals surface area contributed by atoms with E-state index in [2.05, 4.69) is 20.8 Å². The fourth-order valence-corrected chi connectivity index (χ4v) is 2.86. The van der Waals surface area contributed by atoms with E-state index in [1.807, 2.05) is 27.7 Å². The monoisotopic (exact) mass is 228 g/mol. The van der Waals surface area contributed by atoms with Gasteiger partial charge in [0.15, 0.2) is 0 Å². The van der Waals surface area contributed by atoms with Gasteiger partial charge < -0.3 is 0 Å². The lowest BCUT2D eigenvalue weighted by atomic mass is 9.73. The molecule has 1 aliphatic carbocycles. The minimum Gasteiger partial charge on any atom is -0.0683 e. The Bertz CT molecular complexity index is 117. The van der Waals surface area contributed by atoms with E-state index in [0.717, 1.165) is 17.8 Å². The highest BCUT2D eigenvalue weighted by atomic mass is 14.3. The summed E-state index contributed by atoms with van der Waals surface area (Å²) in [6.45, 7) is 15.2. The van der Waals surface area contributed by atoms with E-state index in [4.69, 9.17) is 0 Å². The maximum absolute atomic E-state index is 2.45. The predicted molar refractivity (Wildman–Crippen MR) is 77.9 cm³/mol. The van der Waals surface area contributed by atoms with E-state index in [-0.39, 0.29) is 0 Å². The van der Waals surface area contributed by atoms with Crippen LogP contribution >= 0.6 is 0 Å². The normalized spacial score (nSPS) is 25.7. The molecule has 1 fully saturated rings. The van der Waals surface area contributed by atoms with Gasteiger partial charge in [-0.3, -0.25) is 0 Å². The summed E-state index contributed by atoms with van der Waals surface area (Å²) in [4.78, 5) is 0. The second-order valence-electron chi connectivity index (χ2n) is 4.69. The smallest absolute Gasteiger partial charge is 0.0363 e. The second-order valence-corrected chi connectivity index (χ2v) is 4.69. The molecule has 0 saturated heterocycles. The maximum atomic E-state index is 2.45. The summed E-state index contributed by atoms with van der Waals surface area (Å²) in [5, 5.41) is 0. The Kier molecular flexibility index (Phi) is 15.0. The lowest BCUT2D eigenvalue weighted by Gasteiger charge is -2.33. The van der Waals surface area contributed by atoms with E-state index in [9.17, 15) is 0 Å². The molecule has 0 aromatic carbocycles. The zero-order chi connectivity index (χ0) is 13.0. The fourth-order valence-electron chi connectivity index (χ4n) is 2.86. The van der Waals surface area contributed by atoms with Gasteiger partial charge in [-0.1, -0.05) is 80.6 Å². The SMILES string of the molecule is CC.CC.CCCC(C)C1CCCCC1C. The highest BCUT2D eigenvalue weighted by Gasteiger charge is 2.25. The first-order chi connectivity index (χ1) is 7.75. The second kappa shape index (κ2) is 13.1. The minimum absolute atomic E-state index is 0.977. The average molecular weight is 228 g/mol. The van der Waals surface area contributed by atoms with Crippen molar-refractivity contribution in [3.8, 4) is 0 Å². The Morgan fingerprint density at radius 3 is 1.94 bits per heavy atom. The molecule has 1 rings (SSSR count). The summed E-state index contributed by atoms with van der Waals surface area (Å²) >= 11 is 0. The molecule has 3 atom stereocenters. The summed E-state index contributed by atoms with van der Waals surface area (Å²) in [6, 6.07) is 0. The van der Waals surface area contributed by atoms with E-state index in [1.54, 1.807) is 0 Å². The fraction of sp³-hybridized carbons (Fsp3) is 1.00. The predicted octanol–water partition coefficient (Wildman–Crippen LogP) is 6.30. The number of hydrogen-bond donors (Lipinski definition) is 0. The molecular weight excluding hydrogens is 192 g/mol. The van der Waals surface area contributed by atoms with Gasteiger partial charge in [0.05, 0.1) is 0 Å². The molecule has 1 saturated carbocycles. The largest absolute Gasteiger partial charge is 0.0683 e. The summed E-state index contributed by atoms with van der Waals surface area (Å²) in [5.74, 6) is 3.02. The van der Waals surface area contributed by atoms with Crippen LogP contribution in [0.3, 0.4) is 0 Å². The molecule has 0 heteroatoms. The average Bonchev–Trinajstić information content (AvgIpc) is 2.35. The van der Waals surface area contributed by atoms with Crippen LogP contribution in [0.1, 0.15) is 87.0 Å². The van der Waals surface area contributed by atoms with E-state index in [1.165, 1.54) is 38.5 Å². The lowest BCUT2D eigenvalue weighted by Crippen LogP contribution is -2.23. The molecule has 0 spiro atoms. The quantitative estimate of drug-likeness (QED) is 0.531. The Morgan fingerprint density at radius 2 is 1.50 bits per heavy atom. The standard InChI is InChI=1S/C12H24.2C2H6/c1-4-7-10(2)12-9-6-5-8-11(12)3;2*1-2/h10-12H,4-9H2,1-3H3;2*1-2H3. The van der Waals surface area contributed by atoms with Crippen LogP contribution in [0.15, 0.2) is 0 Å². The molecular formula is C16H36. The van der Waals surface area contributed by atoms with Gasteiger partial charge >= 0.3 is 0 Å². The molecule has 0 aliphatic heterocycles. The highest BCUT2D eigenvalue weighted by Crippen LogP contribution is 2.36. The van der Waals surface area contributed by atoms with Crippen LogP contribution in [0.2, 0.25) is 0 Å². The third kappa shape index (κ3) is 7.30. The zero-order valence-corrected chi connectivity index (χ0v) is 13.0. The molecule has 0 heterocycles. The van der Waals surface area contributed by atoms with Crippen molar-refractivity contribution in [1.29, 1.82) is 0 Å². The van der Waals surface area contributed by atoms with Gasteiger partial charge in [0, 0.05) is 0 Å². The summed E-state index contributed by atoms with van der Waals surface area (Å²) in [6.07, 6.45) is 8.76. The molecule has 100 valence electrons. The molecule has 0 aromatic rings. The summed E-state index contributed by atoms with van der Waals surface area (Å²) in [5.41, 5.74) is 0. The topological polar surface area (TPSA) is 0 Å². The highest BCUT2D eigenvalue weighted by molar-refractivity contribution is 4.76. The van der Waals surface area contributed by atoms with Crippen LogP contribution in [0, 0.1) is 17.8 Å². The lowest BCUT2D eigenvalue weighted by molar-refractivity contribution is 0.177. The molecule has 3 unspecified atom stereocenters. The van der Waals surface area contributed by atoms with Crippen LogP contribution in [-0.2, 0) is 0 Å².